The van der Waals surface area contributed by atoms with Crippen molar-refractivity contribution in [2.75, 3.05) is 31.6 Å². The van der Waals surface area contributed by atoms with Gasteiger partial charge in [0.2, 0.25) is 5.91 Å². The highest BCUT2D eigenvalue weighted by Crippen LogP contribution is 2.35. The molecule has 0 atom stereocenters. The molecular weight excluding hydrogens is 400 g/mol. The molecule has 2 aliphatic rings. The number of carbonyl (C=O) groups is 1. The number of anilines is 1. The van der Waals surface area contributed by atoms with Crippen LogP contribution in [-0.4, -0.2) is 42.5 Å². The van der Waals surface area contributed by atoms with Crippen molar-refractivity contribution in [1.82, 2.24) is 9.88 Å². The Balaban J connectivity index is 1.33. The van der Waals surface area contributed by atoms with Crippen molar-refractivity contribution in [2.45, 2.75) is 25.8 Å². The van der Waals surface area contributed by atoms with Gasteiger partial charge in [-0.15, -0.1) is 0 Å². The second-order valence-corrected chi connectivity index (χ2v) is 8.56. The molecule has 0 N–H and O–H groups in total. The van der Waals surface area contributed by atoms with Gasteiger partial charge in [-0.2, -0.15) is 5.26 Å². The number of hydrogen-bond acceptors (Lipinski definition) is 5. The van der Waals surface area contributed by atoms with Crippen molar-refractivity contribution in [3.63, 3.8) is 0 Å². The SMILES string of the molecule is COc1ccc2ncc(C#N)c(N3CCC(C(=O)N4CCc5ccccc5C4)CC3)c2c1. The summed E-state index contributed by atoms with van der Waals surface area (Å²) in [6.45, 7) is 2.99. The zero-order valence-electron chi connectivity index (χ0n) is 18.3. The number of nitriles is 1. The van der Waals surface area contributed by atoms with E-state index in [1.54, 1.807) is 13.3 Å². The minimum absolute atomic E-state index is 0.0321. The topological polar surface area (TPSA) is 69.5 Å². The van der Waals surface area contributed by atoms with Crippen molar-refractivity contribution in [3.05, 3.63) is 65.4 Å². The Morgan fingerprint density at radius 3 is 2.66 bits per heavy atom. The monoisotopic (exact) mass is 426 g/mol. The summed E-state index contributed by atoms with van der Waals surface area (Å²) in [5.74, 6) is 1.04. The maximum atomic E-state index is 13.3. The average Bonchev–Trinajstić information content (AvgIpc) is 2.87. The van der Waals surface area contributed by atoms with Gasteiger partial charge in [0.05, 0.1) is 23.9 Å². The highest BCUT2D eigenvalue weighted by molar-refractivity contribution is 5.95. The summed E-state index contributed by atoms with van der Waals surface area (Å²) < 4.78 is 5.40. The first-order chi connectivity index (χ1) is 15.7. The van der Waals surface area contributed by atoms with E-state index in [9.17, 15) is 10.1 Å². The predicted octanol–water partition coefficient (Wildman–Crippen LogP) is 3.92. The summed E-state index contributed by atoms with van der Waals surface area (Å²) in [6.07, 6.45) is 4.15. The fourth-order valence-electron chi connectivity index (χ4n) is 5.00. The molecule has 162 valence electrons. The molecule has 2 aliphatic heterocycles. The molecule has 0 bridgehead atoms. The third-order valence-corrected chi connectivity index (χ3v) is 6.77. The minimum atomic E-state index is 0.0321. The van der Waals surface area contributed by atoms with Crippen LogP contribution in [0.25, 0.3) is 10.9 Å². The number of amides is 1. The average molecular weight is 427 g/mol. The first-order valence-corrected chi connectivity index (χ1v) is 11.2. The Labute approximate surface area is 188 Å². The van der Waals surface area contributed by atoms with Crippen LogP contribution in [0.1, 0.15) is 29.5 Å². The van der Waals surface area contributed by atoms with Crippen molar-refractivity contribution in [1.29, 1.82) is 5.26 Å². The second-order valence-electron chi connectivity index (χ2n) is 8.56. The van der Waals surface area contributed by atoms with Crippen LogP contribution in [0, 0.1) is 17.2 Å². The van der Waals surface area contributed by atoms with Gasteiger partial charge in [-0.1, -0.05) is 24.3 Å². The molecule has 1 amide bonds. The number of rotatable bonds is 3. The highest BCUT2D eigenvalue weighted by Gasteiger charge is 2.31. The van der Waals surface area contributed by atoms with Gasteiger partial charge in [0.15, 0.2) is 0 Å². The van der Waals surface area contributed by atoms with Crippen molar-refractivity contribution >= 4 is 22.5 Å². The summed E-state index contributed by atoms with van der Waals surface area (Å²) >= 11 is 0. The number of pyridine rings is 1. The van der Waals surface area contributed by atoms with Crippen LogP contribution in [0.4, 0.5) is 5.69 Å². The number of hydrogen-bond donors (Lipinski definition) is 0. The molecule has 0 unspecified atom stereocenters. The summed E-state index contributed by atoms with van der Waals surface area (Å²) in [7, 11) is 1.64. The van der Waals surface area contributed by atoms with E-state index in [1.807, 2.05) is 29.2 Å². The molecule has 0 spiro atoms. The Morgan fingerprint density at radius 2 is 1.91 bits per heavy atom. The van der Waals surface area contributed by atoms with Crippen LogP contribution in [0.15, 0.2) is 48.7 Å². The number of piperidine rings is 1. The van der Waals surface area contributed by atoms with Gasteiger partial charge in [-0.3, -0.25) is 9.78 Å². The van der Waals surface area contributed by atoms with Crippen LogP contribution >= 0.6 is 0 Å². The van der Waals surface area contributed by atoms with Gasteiger partial charge in [-0.25, -0.2) is 0 Å². The van der Waals surface area contributed by atoms with Gasteiger partial charge in [0.1, 0.15) is 11.8 Å². The van der Waals surface area contributed by atoms with E-state index < -0.39 is 0 Å². The van der Waals surface area contributed by atoms with Crippen LogP contribution in [-0.2, 0) is 17.8 Å². The number of benzene rings is 2. The molecule has 6 nitrogen and oxygen atoms in total. The number of ether oxygens (including phenoxy) is 1. The third kappa shape index (κ3) is 3.64. The van der Waals surface area contributed by atoms with E-state index in [1.165, 1.54) is 11.1 Å². The van der Waals surface area contributed by atoms with E-state index >= 15 is 0 Å². The molecule has 0 aliphatic carbocycles. The Hall–Kier alpha value is -3.59. The smallest absolute Gasteiger partial charge is 0.226 e. The zero-order valence-corrected chi connectivity index (χ0v) is 18.3. The lowest BCUT2D eigenvalue weighted by Gasteiger charge is -2.37. The molecule has 1 saturated heterocycles. The van der Waals surface area contributed by atoms with E-state index in [0.29, 0.717) is 12.1 Å². The normalized spacial score (nSPS) is 16.5. The lowest BCUT2D eigenvalue weighted by Crippen LogP contribution is -2.44. The summed E-state index contributed by atoms with van der Waals surface area (Å²) in [4.78, 5) is 22.0. The number of methoxy groups -OCH3 is 1. The first-order valence-electron chi connectivity index (χ1n) is 11.2. The van der Waals surface area contributed by atoms with Gasteiger partial charge in [0.25, 0.3) is 0 Å². The maximum absolute atomic E-state index is 13.3. The van der Waals surface area contributed by atoms with Crippen molar-refractivity contribution < 1.29 is 9.53 Å². The van der Waals surface area contributed by atoms with Crippen molar-refractivity contribution in [3.8, 4) is 11.8 Å². The molecule has 0 radical (unpaired) electrons. The molecule has 0 saturated carbocycles. The Bertz CT molecular complexity index is 1210. The van der Waals surface area contributed by atoms with Gasteiger partial charge in [0, 0.05) is 43.7 Å². The van der Waals surface area contributed by atoms with Crippen LogP contribution < -0.4 is 9.64 Å². The molecule has 3 aromatic rings. The molecule has 1 fully saturated rings. The third-order valence-electron chi connectivity index (χ3n) is 6.77. The summed E-state index contributed by atoms with van der Waals surface area (Å²) in [5.41, 5.74) is 4.91. The number of carbonyl (C=O) groups excluding carboxylic acids is 1. The van der Waals surface area contributed by atoms with Crippen LogP contribution in [0.5, 0.6) is 5.75 Å². The molecule has 3 heterocycles. The largest absolute Gasteiger partial charge is 0.497 e. The summed E-state index contributed by atoms with van der Waals surface area (Å²) in [6, 6.07) is 16.5. The van der Waals surface area contributed by atoms with Crippen molar-refractivity contribution in [2.24, 2.45) is 5.92 Å². The van der Waals surface area contributed by atoms with E-state index in [0.717, 1.165) is 61.2 Å². The van der Waals surface area contributed by atoms with E-state index in [4.69, 9.17) is 4.74 Å². The molecule has 32 heavy (non-hydrogen) atoms. The number of aromatic nitrogens is 1. The van der Waals surface area contributed by atoms with E-state index in [-0.39, 0.29) is 11.8 Å². The van der Waals surface area contributed by atoms with Gasteiger partial charge >= 0.3 is 0 Å². The lowest BCUT2D eigenvalue weighted by molar-refractivity contribution is -0.137. The zero-order chi connectivity index (χ0) is 22.1. The second kappa shape index (κ2) is 8.51. The summed E-state index contributed by atoms with van der Waals surface area (Å²) in [5, 5.41) is 10.6. The molecule has 6 heteroatoms. The highest BCUT2D eigenvalue weighted by atomic mass is 16.5. The fourth-order valence-corrected chi connectivity index (χ4v) is 5.00. The Kier molecular flexibility index (Phi) is 5.40. The maximum Gasteiger partial charge on any atom is 0.226 e. The Morgan fingerprint density at radius 1 is 1.12 bits per heavy atom. The van der Waals surface area contributed by atoms with E-state index in [2.05, 4.69) is 34.2 Å². The molecular formula is C26H26N4O2. The van der Waals surface area contributed by atoms with Gasteiger partial charge in [-0.05, 0) is 48.6 Å². The standard InChI is InChI=1S/C26H26N4O2/c1-32-22-6-7-24-23(14-22)25(21(15-27)16-28-24)29-11-9-19(10-12-29)26(31)30-13-8-18-4-2-3-5-20(18)17-30/h2-7,14,16,19H,8-13,17H2,1H3. The minimum Gasteiger partial charge on any atom is -0.497 e. The number of nitrogens with zero attached hydrogens (tertiary/aromatic N) is 4. The van der Waals surface area contributed by atoms with Crippen LogP contribution in [0.3, 0.4) is 0 Å². The first kappa shape index (κ1) is 20.3. The molecule has 1 aromatic heterocycles. The number of fused-ring (bicyclic) bond motifs is 2. The van der Waals surface area contributed by atoms with Crippen LogP contribution in [0.2, 0.25) is 0 Å². The fraction of sp³-hybridized carbons (Fsp3) is 0.346. The molecule has 5 rings (SSSR count). The quantitative estimate of drug-likeness (QED) is 0.635. The lowest BCUT2D eigenvalue weighted by atomic mass is 9.92. The predicted molar refractivity (Wildman–Crippen MR) is 124 cm³/mol. The van der Waals surface area contributed by atoms with Gasteiger partial charge < -0.3 is 14.5 Å². The molecule has 2 aromatic carbocycles.